The van der Waals surface area contributed by atoms with Gasteiger partial charge in [-0.2, -0.15) is 0 Å². The van der Waals surface area contributed by atoms with Gasteiger partial charge in [0.05, 0.1) is 0 Å². The molecule has 0 aromatic heterocycles. The third kappa shape index (κ3) is 6.40. The van der Waals surface area contributed by atoms with Crippen LogP contribution in [-0.2, 0) is 17.8 Å². The molecule has 0 heterocycles. The molecule has 3 nitrogen and oxygen atoms in total. The largest absolute Gasteiger partial charge is 0.370 e. The quantitative estimate of drug-likeness (QED) is 0.693. The molecular weight excluding hydrogens is 224 g/mol. The number of nitrogens with one attached hydrogen (secondary N) is 1. The summed E-state index contributed by atoms with van der Waals surface area (Å²) in [6, 6.07) is 8.72. The molecule has 0 radical (unpaired) electrons. The zero-order valence-corrected chi connectivity index (χ0v) is 11.4. The van der Waals surface area contributed by atoms with Crippen molar-refractivity contribution in [3.63, 3.8) is 0 Å². The fourth-order valence-corrected chi connectivity index (χ4v) is 1.88. The summed E-state index contributed by atoms with van der Waals surface area (Å²) in [4.78, 5) is 10.6. The van der Waals surface area contributed by atoms with Crippen LogP contribution < -0.4 is 11.1 Å². The Hall–Kier alpha value is -1.35. The zero-order valence-electron chi connectivity index (χ0n) is 11.4. The number of hydrogen-bond acceptors (Lipinski definition) is 2. The molecule has 0 aliphatic rings. The average Bonchev–Trinajstić information content (AvgIpc) is 2.30. The molecule has 0 atom stereocenters. The van der Waals surface area contributed by atoms with Crippen molar-refractivity contribution in [1.82, 2.24) is 5.32 Å². The number of rotatable bonds is 8. The Labute approximate surface area is 110 Å². The van der Waals surface area contributed by atoms with E-state index < -0.39 is 0 Å². The van der Waals surface area contributed by atoms with E-state index in [4.69, 9.17) is 5.73 Å². The Bertz CT molecular complexity index is 357. The molecule has 0 saturated heterocycles. The smallest absolute Gasteiger partial charge is 0.217 e. The Morgan fingerprint density at radius 2 is 1.83 bits per heavy atom. The molecule has 100 valence electrons. The fraction of sp³-hybridized carbons (Fsp3) is 0.533. The predicted octanol–water partition coefficient (Wildman–Crippen LogP) is 2.24. The first-order valence-electron chi connectivity index (χ1n) is 6.64. The second kappa shape index (κ2) is 7.88. The molecular formula is C15H24N2O. The first kappa shape index (κ1) is 14.7. The summed E-state index contributed by atoms with van der Waals surface area (Å²) in [6.45, 7) is 6.14. The van der Waals surface area contributed by atoms with Crippen LogP contribution in [-0.4, -0.2) is 12.5 Å². The fourth-order valence-electron chi connectivity index (χ4n) is 1.88. The Kier molecular flexibility index (Phi) is 6.44. The zero-order chi connectivity index (χ0) is 13.4. The van der Waals surface area contributed by atoms with Crippen LogP contribution in [0.15, 0.2) is 24.3 Å². The molecule has 0 unspecified atom stereocenters. The van der Waals surface area contributed by atoms with Gasteiger partial charge in [0.2, 0.25) is 5.91 Å². The van der Waals surface area contributed by atoms with E-state index in [9.17, 15) is 4.79 Å². The van der Waals surface area contributed by atoms with Gasteiger partial charge in [-0.15, -0.1) is 0 Å². The number of hydrogen-bond donors (Lipinski definition) is 2. The van der Waals surface area contributed by atoms with Crippen LogP contribution in [0.1, 0.15) is 37.8 Å². The van der Waals surface area contributed by atoms with Gasteiger partial charge in [-0.3, -0.25) is 4.79 Å². The summed E-state index contributed by atoms with van der Waals surface area (Å²) >= 11 is 0. The molecule has 3 heteroatoms. The number of benzene rings is 1. The van der Waals surface area contributed by atoms with Crippen molar-refractivity contribution in [2.45, 2.75) is 39.7 Å². The second-order valence-electron chi connectivity index (χ2n) is 5.16. The summed E-state index contributed by atoms with van der Waals surface area (Å²) in [5, 5.41) is 3.31. The van der Waals surface area contributed by atoms with Gasteiger partial charge in [-0.25, -0.2) is 0 Å². The lowest BCUT2D eigenvalue weighted by Crippen LogP contribution is -2.18. The molecule has 1 aromatic rings. The topological polar surface area (TPSA) is 55.1 Å². The lowest BCUT2D eigenvalue weighted by Gasteiger charge is -2.07. The highest BCUT2D eigenvalue weighted by atomic mass is 16.1. The first-order chi connectivity index (χ1) is 8.58. The van der Waals surface area contributed by atoms with E-state index in [2.05, 4.69) is 43.4 Å². The van der Waals surface area contributed by atoms with E-state index in [1.54, 1.807) is 0 Å². The van der Waals surface area contributed by atoms with Crippen LogP contribution in [0, 0.1) is 5.92 Å². The lowest BCUT2D eigenvalue weighted by atomic mass is 10.0. The minimum atomic E-state index is -0.227. The van der Waals surface area contributed by atoms with Gasteiger partial charge in [-0.05, 0) is 36.4 Å². The summed E-state index contributed by atoms with van der Waals surface area (Å²) in [6.07, 6.45) is 2.40. The Morgan fingerprint density at radius 1 is 1.22 bits per heavy atom. The highest BCUT2D eigenvalue weighted by Gasteiger charge is 1.98. The third-order valence-corrected chi connectivity index (χ3v) is 2.77. The van der Waals surface area contributed by atoms with E-state index >= 15 is 0 Å². The van der Waals surface area contributed by atoms with Crippen LogP contribution in [0.2, 0.25) is 0 Å². The maximum Gasteiger partial charge on any atom is 0.217 e. The van der Waals surface area contributed by atoms with Crippen molar-refractivity contribution < 1.29 is 4.79 Å². The molecule has 0 bridgehead atoms. The monoisotopic (exact) mass is 248 g/mol. The molecule has 1 aromatic carbocycles. The van der Waals surface area contributed by atoms with Crippen molar-refractivity contribution >= 4 is 5.91 Å². The molecule has 0 spiro atoms. The Morgan fingerprint density at radius 3 is 2.39 bits per heavy atom. The molecule has 18 heavy (non-hydrogen) atoms. The van der Waals surface area contributed by atoms with Gasteiger partial charge in [0.1, 0.15) is 0 Å². The van der Waals surface area contributed by atoms with Crippen molar-refractivity contribution in [3.8, 4) is 0 Å². The van der Waals surface area contributed by atoms with E-state index in [1.165, 1.54) is 11.1 Å². The average molecular weight is 248 g/mol. The second-order valence-corrected chi connectivity index (χ2v) is 5.16. The number of amides is 1. The van der Waals surface area contributed by atoms with Gasteiger partial charge >= 0.3 is 0 Å². The maximum atomic E-state index is 10.6. The molecule has 1 rings (SSSR count). The number of primary amides is 1. The molecule has 0 fully saturated rings. The van der Waals surface area contributed by atoms with E-state index in [0.717, 1.165) is 25.9 Å². The van der Waals surface area contributed by atoms with Crippen molar-refractivity contribution in [1.29, 1.82) is 0 Å². The molecule has 0 aliphatic carbocycles. The third-order valence-electron chi connectivity index (χ3n) is 2.77. The molecule has 1 amide bonds. The highest BCUT2D eigenvalue weighted by molar-refractivity contribution is 5.73. The molecule has 3 N–H and O–H groups in total. The minimum absolute atomic E-state index is 0.227. The number of carbonyl (C=O) groups is 1. The van der Waals surface area contributed by atoms with E-state index in [0.29, 0.717) is 12.3 Å². The van der Waals surface area contributed by atoms with Crippen molar-refractivity contribution in [2.24, 2.45) is 11.7 Å². The van der Waals surface area contributed by atoms with Gasteiger partial charge in [0, 0.05) is 13.0 Å². The van der Waals surface area contributed by atoms with Gasteiger partial charge in [-0.1, -0.05) is 38.1 Å². The van der Waals surface area contributed by atoms with Crippen LogP contribution in [0.4, 0.5) is 0 Å². The standard InChI is InChI=1S/C15H24N2O/c1-12(2)10-13-5-7-14(8-6-13)11-17-9-3-4-15(16)18/h5-8,12,17H,3-4,9-11H2,1-2H3,(H2,16,18). The molecule has 0 saturated carbocycles. The molecule has 0 aliphatic heterocycles. The summed E-state index contributed by atoms with van der Waals surface area (Å²) < 4.78 is 0. The highest BCUT2D eigenvalue weighted by Crippen LogP contribution is 2.09. The number of carbonyl (C=O) groups excluding carboxylic acids is 1. The lowest BCUT2D eigenvalue weighted by molar-refractivity contribution is -0.118. The number of nitrogens with two attached hydrogens (primary N) is 1. The van der Waals surface area contributed by atoms with Crippen LogP contribution >= 0.6 is 0 Å². The summed E-state index contributed by atoms with van der Waals surface area (Å²) in [5.74, 6) is 0.470. The normalized spacial score (nSPS) is 10.8. The van der Waals surface area contributed by atoms with E-state index in [1.807, 2.05) is 0 Å². The maximum absolute atomic E-state index is 10.6. The summed E-state index contributed by atoms with van der Waals surface area (Å²) in [7, 11) is 0. The Balaban J connectivity index is 2.24. The minimum Gasteiger partial charge on any atom is -0.370 e. The first-order valence-corrected chi connectivity index (χ1v) is 6.64. The van der Waals surface area contributed by atoms with Gasteiger partial charge in [0.25, 0.3) is 0 Å². The van der Waals surface area contributed by atoms with Crippen LogP contribution in [0.25, 0.3) is 0 Å². The van der Waals surface area contributed by atoms with Crippen LogP contribution in [0.3, 0.4) is 0 Å². The van der Waals surface area contributed by atoms with Crippen LogP contribution in [0.5, 0.6) is 0 Å². The van der Waals surface area contributed by atoms with Gasteiger partial charge < -0.3 is 11.1 Å². The SMILES string of the molecule is CC(C)Cc1ccc(CNCCCC(N)=O)cc1. The van der Waals surface area contributed by atoms with Crippen molar-refractivity contribution in [3.05, 3.63) is 35.4 Å². The van der Waals surface area contributed by atoms with Gasteiger partial charge in [0.15, 0.2) is 0 Å². The van der Waals surface area contributed by atoms with Crippen molar-refractivity contribution in [2.75, 3.05) is 6.54 Å². The summed E-state index contributed by atoms with van der Waals surface area (Å²) in [5.41, 5.74) is 7.75. The predicted molar refractivity (Wildman–Crippen MR) is 75.1 cm³/mol. The van der Waals surface area contributed by atoms with E-state index in [-0.39, 0.29) is 5.91 Å².